The number of nitrogens with zero attached hydrogens (tertiary/aromatic N) is 1. The van der Waals surface area contributed by atoms with Crippen LogP contribution >= 0.6 is 0 Å². The van der Waals surface area contributed by atoms with Crippen LogP contribution < -0.4 is 4.74 Å². The van der Waals surface area contributed by atoms with Gasteiger partial charge in [0.25, 0.3) is 0 Å². The van der Waals surface area contributed by atoms with Gasteiger partial charge in [-0.3, -0.25) is 4.98 Å². The summed E-state index contributed by atoms with van der Waals surface area (Å²) in [6, 6.07) is 1.97. The van der Waals surface area contributed by atoms with Crippen LogP contribution in [0.5, 0.6) is 5.75 Å². The lowest BCUT2D eigenvalue weighted by Crippen LogP contribution is -2.27. The molecule has 1 aromatic heterocycles. The Kier molecular flexibility index (Phi) is 4.78. The summed E-state index contributed by atoms with van der Waals surface area (Å²) in [4.78, 5) is 4.17. The van der Waals surface area contributed by atoms with E-state index < -0.39 is 0 Å². The zero-order valence-electron chi connectivity index (χ0n) is 10.9. The molecule has 0 bridgehead atoms. The van der Waals surface area contributed by atoms with Crippen molar-refractivity contribution in [1.82, 2.24) is 4.98 Å². The van der Waals surface area contributed by atoms with Crippen molar-refractivity contribution in [3.8, 4) is 5.75 Å². The van der Waals surface area contributed by atoms with Crippen LogP contribution in [0.15, 0.2) is 18.5 Å². The van der Waals surface area contributed by atoms with Gasteiger partial charge < -0.3 is 4.74 Å². The third-order valence-electron chi connectivity index (χ3n) is 2.90. The summed E-state index contributed by atoms with van der Waals surface area (Å²) >= 11 is 0. The van der Waals surface area contributed by atoms with Gasteiger partial charge in [-0.1, -0.05) is 20.3 Å². The van der Waals surface area contributed by atoms with Gasteiger partial charge in [0.2, 0.25) is 0 Å². The third kappa shape index (κ3) is 3.84. The predicted octanol–water partition coefficient (Wildman–Crippen LogP) is 3.99. The Morgan fingerprint density at radius 3 is 2.69 bits per heavy atom. The lowest BCUT2D eigenvalue weighted by Gasteiger charge is -2.26. The molecule has 0 fully saturated rings. The van der Waals surface area contributed by atoms with E-state index in [0.29, 0.717) is 0 Å². The Labute approximate surface area is 99.0 Å². The van der Waals surface area contributed by atoms with Gasteiger partial charge >= 0.3 is 0 Å². The number of unbranched alkanes of at least 4 members (excludes halogenated alkanes) is 1. The monoisotopic (exact) mass is 221 g/mol. The second-order valence-electron chi connectivity index (χ2n) is 4.80. The van der Waals surface area contributed by atoms with Crippen molar-refractivity contribution in [3.63, 3.8) is 0 Å². The highest BCUT2D eigenvalue weighted by molar-refractivity contribution is 5.30. The van der Waals surface area contributed by atoms with Crippen LogP contribution in [-0.2, 0) is 6.42 Å². The lowest BCUT2D eigenvalue weighted by atomic mass is 10.1. The molecule has 0 amide bonds. The highest BCUT2D eigenvalue weighted by Gasteiger charge is 2.18. The second-order valence-corrected chi connectivity index (χ2v) is 4.80. The van der Waals surface area contributed by atoms with E-state index >= 15 is 0 Å². The van der Waals surface area contributed by atoms with E-state index in [1.54, 1.807) is 6.20 Å². The Balaban J connectivity index is 2.78. The van der Waals surface area contributed by atoms with Crippen LogP contribution in [0.25, 0.3) is 0 Å². The topological polar surface area (TPSA) is 22.1 Å². The Morgan fingerprint density at radius 2 is 2.06 bits per heavy atom. The third-order valence-corrected chi connectivity index (χ3v) is 2.90. The van der Waals surface area contributed by atoms with Crippen molar-refractivity contribution in [1.29, 1.82) is 0 Å². The molecule has 0 saturated carbocycles. The summed E-state index contributed by atoms with van der Waals surface area (Å²) in [5.41, 5.74) is 1.13. The van der Waals surface area contributed by atoms with Crippen LogP contribution in [0.2, 0.25) is 0 Å². The highest BCUT2D eigenvalue weighted by atomic mass is 16.5. The summed E-state index contributed by atoms with van der Waals surface area (Å²) in [5.74, 6) is 0.996. The zero-order chi connectivity index (χ0) is 12.0. The minimum absolute atomic E-state index is 0.0949. The number of aryl methyl sites for hydroxylation is 1. The molecule has 0 radical (unpaired) electrons. The van der Waals surface area contributed by atoms with Gasteiger partial charge in [-0.15, -0.1) is 0 Å². The standard InChI is InChI=1S/C14H23NO/c1-5-7-8-12-11-15-10-9-13(12)16-14(3,4)6-2/h9-11H,5-8H2,1-4H3. The number of aromatic nitrogens is 1. The zero-order valence-corrected chi connectivity index (χ0v) is 10.9. The van der Waals surface area contributed by atoms with Crippen molar-refractivity contribution < 1.29 is 4.74 Å². The molecule has 0 aromatic carbocycles. The van der Waals surface area contributed by atoms with Gasteiger partial charge in [-0.05, 0) is 39.2 Å². The average Bonchev–Trinajstić information content (AvgIpc) is 2.27. The van der Waals surface area contributed by atoms with Gasteiger partial charge in [0.15, 0.2) is 0 Å². The molecule has 2 heteroatoms. The van der Waals surface area contributed by atoms with E-state index in [2.05, 4.69) is 32.7 Å². The van der Waals surface area contributed by atoms with Crippen molar-refractivity contribution in [2.24, 2.45) is 0 Å². The average molecular weight is 221 g/mol. The molecule has 0 unspecified atom stereocenters. The predicted molar refractivity (Wildman–Crippen MR) is 67.8 cm³/mol. The van der Waals surface area contributed by atoms with Crippen molar-refractivity contribution in [2.45, 2.75) is 59.0 Å². The molecule has 0 aliphatic heterocycles. The first-order valence-corrected chi connectivity index (χ1v) is 6.21. The highest BCUT2D eigenvalue weighted by Crippen LogP contribution is 2.25. The molecule has 0 aliphatic rings. The summed E-state index contributed by atoms with van der Waals surface area (Å²) < 4.78 is 6.04. The second kappa shape index (κ2) is 5.88. The number of ether oxygens (including phenoxy) is 1. The van der Waals surface area contributed by atoms with E-state index in [9.17, 15) is 0 Å². The molecule has 1 heterocycles. The van der Waals surface area contributed by atoms with E-state index in [1.165, 1.54) is 18.4 Å². The molecular weight excluding hydrogens is 198 g/mol. The molecule has 0 saturated heterocycles. The molecule has 0 atom stereocenters. The van der Waals surface area contributed by atoms with Crippen LogP contribution in [0.3, 0.4) is 0 Å². The maximum Gasteiger partial charge on any atom is 0.126 e. The fourth-order valence-corrected chi connectivity index (χ4v) is 1.44. The molecular formula is C14H23NO. The molecule has 16 heavy (non-hydrogen) atoms. The van der Waals surface area contributed by atoms with Gasteiger partial charge in [-0.2, -0.15) is 0 Å². The van der Waals surface area contributed by atoms with Crippen LogP contribution in [-0.4, -0.2) is 10.6 Å². The van der Waals surface area contributed by atoms with Gasteiger partial charge in [0.1, 0.15) is 11.4 Å². The quantitative estimate of drug-likeness (QED) is 0.724. The molecule has 0 aliphatic carbocycles. The molecule has 1 aromatic rings. The van der Waals surface area contributed by atoms with Gasteiger partial charge in [0, 0.05) is 18.0 Å². The molecule has 1 rings (SSSR count). The summed E-state index contributed by atoms with van der Waals surface area (Å²) in [6.07, 6.45) is 8.18. The minimum atomic E-state index is -0.0949. The smallest absolute Gasteiger partial charge is 0.126 e. The minimum Gasteiger partial charge on any atom is -0.487 e. The number of hydrogen-bond acceptors (Lipinski definition) is 2. The Hall–Kier alpha value is -1.05. The van der Waals surface area contributed by atoms with Crippen molar-refractivity contribution in [2.75, 3.05) is 0 Å². The van der Waals surface area contributed by atoms with Crippen LogP contribution in [0.1, 0.15) is 52.5 Å². The largest absolute Gasteiger partial charge is 0.487 e. The molecule has 0 spiro atoms. The number of rotatable bonds is 6. The van der Waals surface area contributed by atoms with Crippen LogP contribution in [0, 0.1) is 0 Å². The van der Waals surface area contributed by atoms with Crippen LogP contribution in [0.4, 0.5) is 0 Å². The van der Waals surface area contributed by atoms with E-state index in [0.717, 1.165) is 18.6 Å². The first-order valence-electron chi connectivity index (χ1n) is 6.21. The lowest BCUT2D eigenvalue weighted by molar-refractivity contribution is 0.104. The van der Waals surface area contributed by atoms with E-state index in [4.69, 9.17) is 4.74 Å². The SMILES string of the molecule is CCCCc1cnccc1OC(C)(C)CC. The van der Waals surface area contributed by atoms with E-state index in [1.807, 2.05) is 12.3 Å². The Morgan fingerprint density at radius 1 is 1.31 bits per heavy atom. The summed E-state index contributed by atoms with van der Waals surface area (Å²) in [7, 11) is 0. The summed E-state index contributed by atoms with van der Waals surface area (Å²) in [5, 5.41) is 0. The maximum atomic E-state index is 6.04. The number of hydrogen-bond donors (Lipinski definition) is 0. The van der Waals surface area contributed by atoms with Gasteiger partial charge in [-0.25, -0.2) is 0 Å². The van der Waals surface area contributed by atoms with E-state index in [-0.39, 0.29) is 5.60 Å². The first kappa shape index (κ1) is 13.0. The Bertz CT molecular complexity index is 320. The molecule has 90 valence electrons. The molecule has 2 nitrogen and oxygen atoms in total. The maximum absolute atomic E-state index is 6.04. The van der Waals surface area contributed by atoms with Gasteiger partial charge in [0.05, 0.1) is 0 Å². The summed E-state index contributed by atoms with van der Waals surface area (Å²) in [6.45, 7) is 8.59. The first-order chi connectivity index (χ1) is 7.59. The van der Waals surface area contributed by atoms with Crippen molar-refractivity contribution in [3.05, 3.63) is 24.0 Å². The van der Waals surface area contributed by atoms with Crippen molar-refractivity contribution >= 4 is 0 Å². The fraction of sp³-hybridized carbons (Fsp3) is 0.643. The fourth-order valence-electron chi connectivity index (χ4n) is 1.44. The number of pyridine rings is 1. The normalized spacial score (nSPS) is 11.5. The molecule has 0 N–H and O–H groups in total.